The zero-order valence-electron chi connectivity index (χ0n) is 18.8. The predicted molar refractivity (Wildman–Crippen MR) is 120 cm³/mol. The second-order valence-electron chi connectivity index (χ2n) is 8.69. The molecule has 31 heavy (non-hydrogen) atoms. The van der Waals surface area contributed by atoms with Gasteiger partial charge >= 0.3 is 0 Å². The average molecular weight is 429 g/mol. The van der Waals surface area contributed by atoms with Crippen molar-refractivity contribution in [2.24, 2.45) is 5.92 Å². The Bertz CT molecular complexity index is 730. The number of hydrogen-bond donors (Lipinski definition) is 0. The van der Waals surface area contributed by atoms with Gasteiger partial charge in [0.25, 0.3) is 0 Å². The van der Waals surface area contributed by atoms with Crippen molar-refractivity contribution in [1.29, 1.82) is 0 Å². The fraction of sp³-hybridized carbons (Fsp3) is 0.640. The second kappa shape index (κ2) is 11.9. The number of amides is 2. The molecular weight excluding hydrogens is 392 g/mol. The van der Waals surface area contributed by atoms with E-state index in [1.807, 2.05) is 16.7 Å². The fourth-order valence-corrected chi connectivity index (χ4v) is 4.40. The minimum atomic E-state index is -0.0263. The molecular formula is C25H36N2O4. The van der Waals surface area contributed by atoms with Crippen LogP contribution in [0.3, 0.4) is 0 Å². The summed E-state index contributed by atoms with van der Waals surface area (Å²) in [5.41, 5.74) is 0.610. The summed E-state index contributed by atoms with van der Waals surface area (Å²) in [7, 11) is 0. The summed E-state index contributed by atoms with van der Waals surface area (Å²) in [4.78, 5) is 41.7. The normalized spacial score (nSPS) is 17.8. The lowest BCUT2D eigenvalue weighted by atomic mass is 9.94. The second-order valence-corrected chi connectivity index (χ2v) is 8.69. The van der Waals surface area contributed by atoms with Gasteiger partial charge in [0.1, 0.15) is 5.75 Å². The van der Waals surface area contributed by atoms with Crippen LogP contribution < -0.4 is 4.74 Å². The van der Waals surface area contributed by atoms with Crippen LogP contribution in [-0.4, -0.2) is 60.2 Å². The lowest BCUT2D eigenvalue weighted by Crippen LogP contribution is -2.44. The van der Waals surface area contributed by atoms with E-state index < -0.39 is 0 Å². The van der Waals surface area contributed by atoms with Crippen molar-refractivity contribution in [2.45, 2.75) is 64.7 Å². The molecule has 1 aromatic carbocycles. The molecule has 0 spiro atoms. The molecule has 0 aliphatic carbocycles. The van der Waals surface area contributed by atoms with E-state index in [1.54, 1.807) is 24.3 Å². The summed E-state index contributed by atoms with van der Waals surface area (Å²) in [5, 5.41) is 0. The smallest absolute Gasteiger partial charge is 0.225 e. The van der Waals surface area contributed by atoms with Crippen LogP contribution in [0.15, 0.2) is 24.3 Å². The molecule has 0 saturated carbocycles. The van der Waals surface area contributed by atoms with Gasteiger partial charge in [-0.1, -0.05) is 19.8 Å². The first kappa shape index (κ1) is 23.3. The molecule has 0 radical (unpaired) electrons. The quantitative estimate of drug-likeness (QED) is 0.585. The highest BCUT2D eigenvalue weighted by molar-refractivity contribution is 5.98. The molecule has 0 atom stereocenters. The summed E-state index contributed by atoms with van der Waals surface area (Å²) in [6.07, 6.45) is 7.46. The molecule has 2 aliphatic heterocycles. The minimum Gasteiger partial charge on any atom is -0.494 e. The molecule has 0 bridgehead atoms. The van der Waals surface area contributed by atoms with Gasteiger partial charge in [0.15, 0.2) is 5.78 Å². The van der Waals surface area contributed by atoms with Crippen molar-refractivity contribution < 1.29 is 19.1 Å². The fourth-order valence-electron chi connectivity index (χ4n) is 4.40. The largest absolute Gasteiger partial charge is 0.494 e. The zero-order chi connectivity index (χ0) is 22.1. The van der Waals surface area contributed by atoms with Gasteiger partial charge in [-0.25, -0.2) is 0 Å². The first-order valence-electron chi connectivity index (χ1n) is 11.9. The SMILES string of the molecule is CCCOc1ccc(C(=O)CCC(=O)N2CCC(C(=O)N3CCCCCC3)CC2)cc1. The van der Waals surface area contributed by atoms with Crippen LogP contribution in [0.25, 0.3) is 0 Å². The minimum absolute atomic E-state index is 0.0110. The zero-order valence-corrected chi connectivity index (χ0v) is 18.8. The summed E-state index contributed by atoms with van der Waals surface area (Å²) >= 11 is 0. The van der Waals surface area contributed by atoms with Crippen LogP contribution in [0, 0.1) is 5.92 Å². The number of ether oxygens (including phenoxy) is 1. The third-order valence-corrected chi connectivity index (χ3v) is 6.33. The van der Waals surface area contributed by atoms with E-state index in [4.69, 9.17) is 4.74 Å². The van der Waals surface area contributed by atoms with Crippen LogP contribution in [0.5, 0.6) is 5.75 Å². The van der Waals surface area contributed by atoms with E-state index in [-0.39, 0.29) is 36.4 Å². The van der Waals surface area contributed by atoms with Gasteiger partial charge < -0.3 is 14.5 Å². The number of ketones is 1. The van der Waals surface area contributed by atoms with Crippen molar-refractivity contribution in [1.82, 2.24) is 9.80 Å². The highest BCUT2D eigenvalue weighted by Crippen LogP contribution is 2.23. The Hall–Kier alpha value is -2.37. The molecule has 0 aromatic heterocycles. The predicted octanol–water partition coefficient (Wildman–Crippen LogP) is 4.08. The third-order valence-electron chi connectivity index (χ3n) is 6.33. The average Bonchev–Trinajstić information content (AvgIpc) is 3.10. The Kier molecular flexibility index (Phi) is 8.92. The monoisotopic (exact) mass is 428 g/mol. The van der Waals surface area contributed by atoms with Crippen molar-refractivity contribution in [3.63, 3.8) is 0 Å². The van der Waals surface area contributed by atoms with Crippen molar-refractivity contribution >= 4 is 17.6 Å². The van der Waals surface area contributed by atoms with Crippen LogP contribution in [0.2, 0.25) is 0 Å². The van der Waals surface area contributed by atoms with Gasteiger partial charge in [0, 0.05) is 50.5 Å². The van der Waals surface area contributed by atoms with Crippen LogP contribution in [0.1, 0.15) is 75.1 Å². The Morgan fingerprint density at radius 1 is 0.871 bits per heavy atom. The molecule has 2 amide bonds. The first-order chi connectivity index (χ1) is 15.1. The van der Waals surface area contributed by atoms with Gasteiger partial charge in [0.2, 0.25) is 11.8 Å². The van der Waals surface area contributed by atoms with Crippen molar-refractivity contribution in [2.75, 3.05) is 32.8 Å². The maximum atomic E-state index is 12.8. The summed E-state index contributed by atoms with van der Waals surface area (Å²) < 4.78 is 5.54. The molecule has 2 saturated heterocycles. The van der Waals surface area contributed by atoms with E-state index in [9.17, 15) is 14.4 Å². The Labute approximate surface area is 185 Å². The Morgan fingerprint density at radius 2 is 1.52 bits per heavy atom. The van der Waals surface area contributed by atoms with Gasteiger partial charge in [-0.3, -0.25) is 14.4 Å². The molecule has 2 fully saturated rings. The summed E-state index contributed by atoms with van der Waals surface area (Å²) in [6, 6.07) is 7.13. The number of nitrogens with zero attached hydrogens (tertiary/aromatic N) is 2. The summed E-state index contributed by atoms with van der Waals surface area (Å²) in [5.74, 6) is 1.05. The van der Waals surface area contributed by atoms with Crippen LogP contribution >= 0.6 is 0 Å². The number of hydrogen-bond acceptors (Lipinski definition) is 4. The van der Waals surface area contributed by atoms with Crippen molar-refractivity contribution in [3.05, 3.63) is 29.8 Å². The highest BCUT2D eigenvalue weighted by atomic mass is 16.5. The number of carbonyl (C=O) groups excluding carboxylic acids is 3. The number of rotatable bonds is 8. The van der Waals surface area contributed by atoms with Gasteiger partial charge in [-0.15, -0.1) is 0 Å². The summed E-state index contributed by atoms with van der Waals surface area (Å²) in [6.45, 7) is 5.69. The molecule has 2 aliphatic rings. The van der Waals surface area contributed by atoms with Gasteiger partial charge in [0.05, 0.1) is 6.61 Å². The first-order valence-corrected chi connectivity index (χ1v) is 11.9. The third kappa shape index (κ3) is 6.81. The molecule has 6 nitrogen and oxygen atoms in total. The lowest BCUT2D eigenvalue weighted by molar-refractivity contribution is -0.140. The van der Waals surface area contributed by atoms with E-state index in [1.165, 1.54) is 12.8 Å². The lowest BCUT2D eigenvalue weighted by Gasteiger charge is -2.34. The standard InChI is InChI=1S/C25H36N2O4/c1-2-19-31-22-9-7-20(8-10-22)23(28)11-12-24(29)26-17-13-21(14-18-26)25(30)27-15-5-3-4-6-16-27/h7-10,21H,2-6,11-19H2,1H3. The number of benzene rings is 1. The van der Waals surface area contributed by atoms with Crippen LogP contribution in [-0.2, 0) is 9.59 Å². The van der Waals surface area contributed by atoms with Crippen LogP contribution in [0.4, 0.5) is 0 Å². The molecule has 2 heterocycles. The highest BCUT2D eigenvalue weighted by Gasteiger charge is 2.30. The van der Waals surface area contributed by atoms with E-state index in [0.717, 1.165) is 50.9 Å². The number of likely N-dealkylation sites (tertiary alicyclic amines) is 2. The molecule has 3 rings (SSSR count). The maximum absolute atomic E-state index is 12.8. The maximum Gasteiger partial charge on any atom is 0.225 e. The Morgan fingerprint density at radius 3 is 2.13 bits per heavy atom. The number of piperidine rings is 1. The van der Waals surface area contributed by atoms with Gasteiger partial charge in [-0.05, 0) is 56.4 Å². The Balaban J connectivity index is 1.40. The molecule has 0 unspecified atom stereocenters. The van der Waals surface area contributed by atoms with E-state index in [2.05, 4.69) is 0 Å². The number of Topliss-reactive ketones (excluding diaryl/α,β-unsaturated/α-hetero) is 1. The van der Waals surface area contributed by atoms with E-state index >= 15 is 0 Å². The van der Waals surface area contributed by atoms with Crippen molar-refractivity contribution in [3.8, 4) is 5.75 Å². The van der Waals surface area contributed by atoms with E-state index in [0.29, 0.717) is 25.3 Å². The van der Waals surface area contributed by atoms with Gasteiger partial charge in [-0.2, -0.15) is 0 Å². The topological polar surface area (TPSA) is 66.9 Å². The number of carbonyl (C=O) groups is 3. The molecule has 170 valence electrons. The molecule has 0 N–H and O–H groups in total. The molecule has 6 heteroatoms. The molecule has 1 aromatic rings.